The SMILES string of the molecule is CN1Cc2ccc(-c3cnc(C(=O)N4CCC(N)CC4)cn3)cc2C1. The molecule has 1 amide bonds. The number of nitrogens with two attached hydrogens (primary N) is 1. The summed E-state index contributed by atoms with van der Waals surface area (Å²) >= 11 is 0. The maximum Gasteiger partial charge on any atom is 0.274 e. The molecule has 0 aliphatic carbocycles. The van der Waals surface area contributed by atoms with Crippen molar-refractivity contribution in [3.05, 3.63) is 47.4 Å². The van der Waals surface area contributed by atoms with E-state index in [0.717, 1.165) is 37.2 Å². The zero-order valence-corrected chi connectivity index (χ0v) is 14.5. The van der Waals surface area contributed by atoms with Crippen molar-refractivity contribution >= 4 is 5.91 Å². The summed E-state index contributed by atoms with van der Waals surface area (Å²) in [5, 5.41) is 0. The highest BCUT2D eigenvalue weighted by atomic mass is 16.2. The molecule has 3 heterocycles. The van der Waals surface area contributed by atoms with Gasteiger partial charge in [-0.2, -0.15) is 0 Å². The minimum Gasteiger partial charge on any atom is -0.337 e. The Balaban J connectivity index is 1.51. The van der Waals surface area contributed by atoms with Crippen molar-refractivity contribution < 1.29 is 4.79 Å². The Morgan fingerprint density at radius 2 is 1.88 bits per heavy atom. The number of rotatable bonds is 2. The predicted octanol–water partition coefficient (Wildman–Crippen LogP) is 1.65. The van der Waals surface area contributed by atoms with Crippen LogP contribution in [0.2, 0.25) is 0 Å². The second kappa shape index (κ2) is 6.54. The number of aromatic nitrogens is 2. The van der Waals surface area contributed by atoms with Gasteiger partial charge in [0.05, 0.1) is 18.1 Å². The highest BCUT2D eigenvalue weighted by Gasteiger charge is 2.23. The number of hydrogen-bond acceptors (Lipinski definition) is 5. The van der Waals surface area contributed by atoms with Crippen LogP contribution in [-0.4, -0.2) is 51.9 Å². The molecule has 1 aromatic carbocycles. The number of benzene rings is 1. The van der Waals surface area contributed by atoms with Gasteiger partial charge in [-0.25, -0.2) is 4.98 Å². The van der Waals surface area contributed by atoms with Crippen LogP contribution >= 0.6 is 0 Å². The van der Waals surface area contributed by atoms with Crippen molar-refractivity contribution in [3.63, 3.8) is 0 Å². The van der Waals surface area contributed by atoms with E-state index in [1.54, 1.807) is 12.4 Å². The van der Waals surface area contributed by atoms with Crippen LogP contribution in [0.25, 0.3) is 11.3 Å². The van der Waals surface area contributed by atoms with Crippen molar-refractivity contribution in [1.82, 2.24) is 19.8 Å². The molecule has 0 radical (unpaired) electrons. The van der Waals surface area contributed by atoms with Crippen LogP contribution in [0.15, 0.2) is 30.6 Å². The highest BCUT2D eigenvalue weighted by molar-refractivity contribution is 5.92. The third-order valence-corrected chi connectivity index (χ3v) is 5.08. The second-order valence-corrected chi connectivity index (χ2v) is 7.07. The van der Waals surface area contributed by atoms with Gasteiger partial charge in [0.25, 0.3) is 5.91 Å². The minimum atomic E-state index is -0.0541. The lowest BCUT2D eigenvalue weighted by Gasteiger charge is -2.29. The summed E-state index contributed by atoms with van der Waals surface area (Å²) in [4.78, 5) is 25.5. The Hall–Kier alpha value is -2.31. The largest absolute Gasteiger partial charge is 0.337 e. The maximum atomic E-state index is 12.5. The first kappa shape index (κ1) is 16.2. The van der Waals surface area contributed by atoms with Gasteiger partial charge in [0.1, 0.15) is 5.69 Å². The summed E-state index contributed by atoms with van der Waals surface area (Å²) < 4.78 is 0. The quantitative estimate of drug-likeness (QED) is 0.902. The van der Waals surface area contributed by atoms with Gasteiger partial charge in [0.2, 0.25) is 0 Å². The van der Waals surface area contributed by atoms with E-state index in [2.05, 4.69) is 40.1 Å². The van der Waals surface area contributed by atoms with Crippen LogP contribution < -0.4 is 5.73 Å². The Morgan fingerprint density at radius 1 is 1.12 bits per heavy atom. The summed E-state index contributed by atoms with van der Waals surface area (Å²) in [6, 6.07) is 6.62. The fraction of sp³-hybridized carbons (Fsp3) is 0.421. The number of carbonyl (C=O) groups is 1. The normalized spacial score (nSPS) is 18.4. The molecule has 2 aliphatic rings. The number of carbonyl (C=O) groups excluding carboxylic acids is 1. The Kier molecular flexibility index (Phi) is 4.23. The molecule has 0 atom stereocenters. The molecular formula is C19H23N5O. The summed E-state index contributed by atoms with van der Waals surface area (Å²) in [7, 11) is 2.12. The standard InChI is InChI=1S/C19H23N5O/c1-23-11-14-3-2-13(8-15(14)12-23)17-9-22-18(10-21-17)19(25)24-6-4-16(20)5-7-24/h2-3,8-10,16H,4-7,11-12,20H2,1H3. The van der Waals surface area contributed by atoms with Crippen LogP contribution in [0.3, 0.4) is 0 Å². The predicted molar refractivity (Wildman–Crippen MR) is 95.8 cm³/mol. The number of fused-ring (bicyclic) bond motifs is 1. The van der Waals surface area contributed by atoms with Crippen molar-refractivity contribution in [2.45, 2.75) is 32.0 Å². The summed E-state index contributed by atoms with van der Waals surface area (Å²) in [5.74, 6) is -0.0541. The van der Waals surface area contributed by atoms with Crippen molar-refractivity contribution in [2.75, 3.05) is 20.1 Å². The van der Waals surface area contributed by atoms with E-state index in [9.17, 15) is 4.79 Å². The van der Waals surface area contributed by atoms with E-state index in [-0.39, 0.29) is 11.9 Å². The molecule has 0 bridgehead atoms. The Labute approximate surface area is 147 Å². The average molecular weight is 337 g/mol. The molecule has 2 aromatic rings. The molecule has 4 rings (SSSR count). The van der Waals surface area contributed by atoms with Crippen LogP contribution in [0.5, 0.6) is 0 Å². The van der Waals surface area contributed by atoms with Crippen LogP contribution in [0.1, 0.15) is 34.5 Å². The number of likely N-dealkylation sites (tertiary alicyclic amines) is 1. The van der Waals surface area contributed by atoms with Gasteiger partial charge in [-0.1, -0.05) is 12.1 Å². The third kappa shape index (κ3) is 3.27. The first-order chi connectivity index (χ1) is 12.1. The van der Waals surface area contributed by atoms with Crippen LogP contribution in [0, 0.1) is 0 Å². The van der Waals surface area contributed by atoms with Crippen LogP contribution in [0.4, 0.5) is 0 Å². The Bertz CT molecular complexity index is 781. The van der Waals surface area contributed by atoms with Crippen molar-refractivity contribution in [2.24, 2.45) is 5.73 Å². The molecule has 1 fully saturated rings. The van der Waals surface area contributed by atoms with Gasteiger partial charge in [-0.05, 0) is 37.1 Å². The summed E-state index contributed by atoms with van der Waals surface area (Å²) in [6.45, 7) is 3.35. The zero-order chi connectivity index (χ0) is 17.4. The molecule has 0 saturated carbocycles. The molecule has 2 N–H and O–H groups in total. The first-order valence-corrected chi connectivity index (χ1v) is 8.78. The monoisotopic (exact) mass is 337 g/mol. The first-order valence-electron chi connectivity index (χ1n) is 8.78. The number of piperidine rings is 1. The molecule has 130 valence electrons. The van der Waals surface area contributed by atoms with Gasteiger partial charge in [0.15, 0.2) is 0 Å². The Morgan fingerprint density at radius 3 is 2.60 bits per heavy atom. The van der Waals surface area contributed by atoms with Gasteiger partial charge in [-0.3, -0.25) is 14.7 Å². The van der Waals surface area contributed by atoms with E-state index in [4.69, 9.17) is 5.73 Å². The van der Waals surface area contributed by atoms with Gasteiger partial charge < -0.3 is 10.6 Å². The highest BCUT2D eigenvalue weighted by Crippen LogP contribution is 2.26. The molecule has 0 unspecified atom stereocenters. The second-order valence-electron chi connectivity index (χ2n) is 7.07. The van der Waals surface area contributed by atoms with E-state index >= 15 is 0 Å². The lowest BCUT2D eigenvalue weighted by molar-refractivity contribution is 0.0708. The number of nitrogens with zero attached hydrogens (tertiary/aromatic N) is 4. The molecular weight excluding hydrogens is 314 g/mol. The molecule has 1 saturated heterocycles. The maximum absolute atomic E-state index is 12.5. The van der Waals surface area contributed by atoms with E-state index < -0.39 is 0 Å². The topological polar surface area (TPSA) is 75.4 Å². The lowest BCUT2D eigenvalue weighted by Crippen LogP contribution is -2.43. The fourth-order valence-corrected chi connectivity index (χ4v) is 3.58. The van der Waals surface area contributed by atoms with Crippen LogP contribution in [-0.2, 0) is 13.1 Å². The number of hydrogen-bond donors (Lipinski definition) is 1. The van der Waals surface area contributed by atoms with Crippen molar-refractivity contribution in [1.29, 1.82) is 0 Å². The summed E-state index contributed by atoms with van der Waals surface area (Å²) in [5.41, 5.74) is 10.9. The fourth-order valence-electron chi connectivity index (χ4n) is 3.58. The summed E-state index contributed by atoms with van der Waals surface area (Å²) in [6.07, 6.45) is 4.98. The van der Waals surface area contributed by atoms with Crippen molar-refractivity contribution in [3.8, 4) is 11.3 Å². The molecule has 0 spiro atoms. The van der Waals surface area contributed by atoms with E-state index in [0.29, 0.717) is 18.8 Å². The van der Waals surface area contributed by atoms with E-state index in [1.807, 2.05) is 4.90 Å². The molecule has 6 heteroatoms. The molecule has 2 aliphatic heterocycles. The minimum absolute atomic E-state index is 0.0541. The van der Waals surface area contributed by atoms with Gasteiger partial charge in [0, 0.05) is 37.8 Å². The third-order valence-electron chi connectivity index (χ3n) is 5.08. The molecule has 25 heavy (non-hydrogen) atoms. The van der Waals surface area contributed by atoms with E-state index in [1.165, 1.54) is 11.1 Å². The van der Waals surface area contributed by atoms with Gasteiger partial charge in [-0.15, -0.1) is 0 Å². The molecule has 6 nitrogen and oxygen atoms in total. The van der Waals surface area contributed by atoms with Gasteiger partial charge >= 0.3 is 0 Å². The lowest BCUT2D eigenvalue weighted by atomic mass is 10.0. The zero-order valence-electron chi connectivity index (χ0n) is 14.5. The molecule has 1 aromatic heterocycles. The average Bonchev–Trinajstić information content (AvgIpc) is 3.01. The smallest absolute Gasteiger partial charge is 0.274 e. The number of amides is 1.